The zero-order chi connectivity index (χ0) is 18.1. The highest BCUT2D eigenvalue weighted by Crippen LogP contribution is 2.14. The van der Waals surface area contributed by atoms with Crippen LogP contribution in [0.15, 0.2) is 54.6 Å². The molecule has 132 valence electrons. The number of halogens is 1. The van der Waals surface area contributed by atoms with E-state index in [2.05, 4.69) is 10.6 Å². The summed E-state index contributed by atoms with van der Waals surface area (Å²) in [5.74, 6) is -0.327. The van der Waals surface area contributed by atoms with Crippen LogP contribution in [0, 0.1) is 0 Å². The monoisotopic (exact) mass is 359 g/mol. The summed E-state index contributed by atoms with van der Waals surface area (Å²) in [5.41, 5.74) is 1.59. The van der Waals surface area contributed by atoms with Crippen molar-refractivity contribution in [2.45, 2.75) is 6.54 Å². The molecule has 0 radical (unpaired) electrons. The summed E-state index contributed by atoms with van der Waals surface area (Å²) in [5, 5.41) is 5.94. The average Bonchev–Trinajstić information content (AvgIpc) is 2.59. The van der Waals surface area contributed by atoms with Crippen LogP contribution in [-0.4, -0.2) is 43.4 Å². The van der Waals surface area contributed by atoms with E-state index in [9.17, 15) is 9.59 Å². The molecule has 0 bridgehead atoms. The smallest absolute Gasteiger partial charge is 0.252 e. The predicted molar refractivity (Wildman–Crippen MR) is 99.6 cm³/mol. The van der Waals surface area contributed by atoms with Gasteiger partial charge in [-0.05, 0) is 24.7 Å². The molecule has 0 aliphatic carbocycles. The van der Waals surface area contributed by atoms with E-state index < -0.39 is 0 Å². The van der Waals surface area contributed by atoms with Gasteiger partial charge in [-0.25, -0.2) is 0 Å². The van der Waals surface area contributed by atoms with Gasteiger partial charge in [0, 0.05) is 19.6 Å². The first-order chi connectivity index (χ1) is 12.1. The minimum Gasteiger partial charge on any atom is -0.353 e. The van der Waals surface area contributed by atoms with Crippen LogP contribution in [0.2, 0.25) is 5.02 Å². The van der Waals surface area contributed by atoms with Crippen LogP contribution in [0.4, 0.5) is 0 Å². The fourth-order valence-electron chi connectivity index (χ4n) is 2.37. The number of hydrogen-bond acceptors (Lipinski definition) is 3. The average molecular weight is 360 g/mol. The normalized spacial score (nSPS) is 10.5. The number of amides is 2. The van der Waals surface area contributed by atoms with E-state index in [4.69, 9.17) is 11.6 Å². The largest absolute Gasteiger partial charge is 0.353 e. The van der Waals surface area contributed by atoms with Gasteiger partial charge in [-0.1, -0.05) is 54.1 Å². The van der Waals surface area contributed by atoms with E-state index in [0.717, 1.165) is 5.56 Å². The molecule has 2 N–H and O–H groups in total. The summed E-state index contributed by atoms with van der Waals surface area (Å²) >= 11 is 5.97. The number of nitrogens with one attached hydrogen (secondary N) is 2. The number of nitrogens with zero attached hydrogens (tertiary/aromatic N) is 1. The Morgan fingerprint density at radius 2 is 1.60 bits per heavy atom. The lowest BCUT2D eigenvalue weighted by Crippen LogP contribution is -2.39. The molecule has 2 aromatic rings. The van der Waals surface area contributed by atoms with E-state index in [-0.39, 0.29) is 11.8 Å². The Morgan fingerprint density at radius 3 is 2.32 bits per heavy atom. The van der Waals surface area contributed by atoms with Crippen LogP contribution < -0.4 is 10.6 Å². The summed E-state index contributed by atoms with van der Waals surface area (Å²) in [6, 6.07) is 16.8. The third-order valence-corrected chi connectivity index (χ3v) is 3.89. The predicted octanol–water partition coefficient (Wildman–Crippen LogP) is 2.32. The van der Waals surface area contributed by atoms with Gasteiger partial charge in [0.1, 0.15) is 0 Å². The van der Waals surface area contributed by atoms with Gasteiger partial charge in [0.25, 0.3) is 5.91 Å². The lowest BCUT2D eigenvalue weighted by molar-refractivity contribution is -0.122. The molecule has 25 heavy (non-hydrogen) atoms. The minimum atomic E-state index is -0.249. The summed E-state index contributed by atoms with van der Waals surface area (Å²) in [4.78, 5) is 25.8. The third-order valence-electron chi connectivity index (χ3n) is 3.56. The molecule has 0 atom stereocenters. The van der Waals surface area contributed by atoms with Gasteiger partial charge in [-0.2, -0.15) is 0 Å². The maximum atomic E-state index is 12.0. The molecule has 0 aromatic heterocycles. The van der Waals surface area contributed by atoms with Gasteiger partial charge in [0.15, 0.2) is 0 Å². The van der Waals surface area contributed by atoms with Crippen LogP contribution in [0.5, 0.6) is 0 Å². The molecule has 6 heteroatoms. The molecular weight excluding hydrogens is 338 g/mol. The molecule has 0 saturated heterocycles. The molecule has 2 amide bonds. The number of hydrogen-bond donors (Lipinski definition) is 2. The van der Waals surface area contributed by atoms with Gasteiger partial charge in [0.05, 0.1) is 17.1 Å². The Bertz CT molecular complexity index is 707. The number of benzene rings is 2. The van der Waals surface area contributed by atoms with Gasteiger partial charge < -0.3 is 10.6 Å². The summed E-state index contributed by atoms with van der Waals surface area (Å²) < 4.78 is 0. The molecule has 0 unspecified atom stereocenters. The maximum absolute atomic E-state index is 12.0. The van der Waals surface area contributed by atoms with E-state index in [1.165, 1.54) is 0 Å². The highest BCUT2D eigenvalue weighted by molar-refractivity contribution is 6.33. The van der Waals surface area contributed by atoms with Crippen molar-refractivity contribution < 1.29 is 9.59 Å². The van der Waals surface area contributed by atoms with Gasteiger partial charge in [-0.3, -0.25) is 14.5 Å². The number of likely N-dealkylation sites (N-methyl/N-ethyl adjacent to an activating group) is 1. The number of rotatable bonds is 8. The van der Waals surface area contributed by atoms with Gasteiger partial charge in [0.2, 0.25) is 5.91 Å². The third kappa shape index (κ3) is 6.57. The zero-order valence-corrected chi connectivity index (χ0v) is 14.9. The van der Waals surface area contributed by atoms with Crippen molar-refractivity contribution in [1.29, 1.82) is 0 Å². The Hall–Kier alpha value is -2.37. The fourth-order valence-corrected chi connectivity index (χ4v) is 2.59. The molecule has 0 spiro atoms. The second-order valence-electron chi connectivity index (χ2n) is 5.74. The van der Waals surface area contributed by atoms with Crippen LogP contribution in [-0.2, 0) is 11.3 Å². The summed E-state index contributed by atoms with van der Waals surface area (Å²) in [7, 11) is 1.89. The Labute approximate surface area is 153 Å². The quantitative estimate of drug-likeness (QED) is 0.711. The molecule has 2 aromatic carbocycles. The van der Waals surface area contributed by atoms with Crippen molar-refractivity contribution in [1.82, 2.24) is 15.5 Å². The standard InChI is InChI=1S/C19H22ClN3O2/c1-23(13-15-7-3-2-4-8-15)14-18(24)21-11-12-22-19(25)16-9-5-6-10-17(16)20/h2-10H,11-14H2,1H3,(H,21,24)(H,22,25). The zero-order valence-electron chi connectivity index (χ0n) is 14.2. The second kappa shape index (κ2) is 9.81. The van der Waals surface area contributed by atoms with Crippen molar-refractivity contribution in [2.75, 3.05) is 26.7 Å². The molecule has 0 heterocycles. The van der Waals surface area contributed by atoms with Crippen LogP contribution in [0.3, 0.4) is 0 Å². The number of carbonyl (C=O) groups excluding carboxylic acids is 2. The van der Waals surface area contributed by atoms with Crippen molar-refractivity contribution in [3.05, 3.63) is 70.7 Å². The van der Waals surface area contributed by atoms with E-state index >= 15 is 0 Å². The highest BCUT2D eigenvalue weighted by Gasteiger charge is 2.09. The highest BCUT2D eigenvalue weighted by atomic mass is 35.5. The molecule has 0 aliphatic heterocycles. The van der Waals surface area contributed by atoms with Crippen molar-refractivity contribution in [3.63, 3.8) is 0 Å². The second-order valence-corrected chi connectivity index (χ2v) is 6.15. The lowest BCUT2D eigenvalue weighted by atomic mass is 10.2. The minimum absolute atomic E-state index is 0.0783. The molecule has 2 rings (SSSR count). The first kappa shape index (κ1) is 19.0. The molecule has 0 aliphatic rings. The Morgan fingerprint density at radius 1 is 0.960 bits per heavy atom. The van der Waals surface area contributed by atoms with Gasteiger partial charge in [-0.15, -0.1) is 0 Å². The molecule has 0 saturated carbocycles. The lowest BCUT2D eigenvalue weighted by Gasteiger charge is -2.16. The fraction of sp³-hybridized carbons (Fsp3) is 0.263. The van der Waals surface area contributed by atoms with E-state index in [0.29, 0.717) is 36.8 Å². The Balaban J connectivity index is 1.65. The topological polar surface area (TPSA) is 61.4 Å². The van der Waals surface area contributed by atoms with Crippen molar-refractivity contribution >= 4 is 23.4 Å². The van der Waals surface area contributed by atoms with Gasteiger partial charge >= 0.3 is 0 Å². The first-order valence-corrected chi connectivity index (χ1v) is 8.46. The number of carbonyl (C=O) groups is 2. The first-order valence-electron chi connectivity index (χ1n) is 8.08. The van der Waals surface area contributed by atoms with E-state index in [1.54, 1.807) is 24.3 Å². The van der Waals surface area contributed by atoms with Crippen LogP contribution in [0.25, 0.3) is 0 Å². The van der Waals surface area contributed by atoms with Crippen LogP contribution >= 0.6 is 11.6 Å². The SMILES string of the molecule is CN(CC(=O)NCCNC(=O)c1ccccc1Cl)Cc1ccccc1. The maximum Gasteiger partial charge on any atom is 0.252 e. The molecular formula is C19H22ClN3O2. The van der Waals surface area contributed by atoms with Crippen LogP contribution in [0.1, 0.15) is 15.9 Å². The van der Waals surface area contributed by atoms with Crippen molar-refractivity contribution in [3.8, 4) is 0 Å². The molecule has 5 nitrogen and oxygen atoms in total. The van der Waals surface area contributed by atoms with E-state index in [1.807, 2.05) is 42.3 Å². The Kier molecular flexibility index (Phi) is 7.44. The summed E-state index contributed by atoms with van der Waals surface area (Å²) in [6.45, 7) is 1.72. The van der Waals surface area contributed by atoms with Crippen molar-refractivity contribution in [2.24, 2.45) is 0 Å². The molecule has 0 fully saturated rings. The summed E-state index contributed by atoms with van der Waals surface area (Å²) in [6.07, 6.45) is 0.